The van der Waals surface area contributed by atoms with Crippen LogP contribution in [-0.4, -0.2) is 22.6 Å². The molecule has 2 rings (SSSR count). The topological polar surface area (TPSA) is 62.2 Å². The van der Waals surface area contributed by atoms with Gasteiger partial charge in [-0.25, -0.2) is 4.79 Å². The van der Waals surface area contributed by atoms with Crippen molar-refractivity contribution in [3.8, 4) is 0 Å². The lowest BCUT2D eigenvalue weighted by Crippen LogP contribution is -2.24. The van der Waals surface area contributed by atoms with Crippen LogP contribution in [0.5, 0.6) is 0 Å². The van der Waals surface area contributed by atoms with E-state index in [1.165, 1.54) is 6.08 Å². The number of hydrogen-bond acceptors (Lipinski definition) is 3. The minimum absolute atomic E-state index is 0.00587. The van der Waals surface area contributed by atoms with Gasteiger partial charge in [0.15, 0.2) is 0 Å². The fourth-order valence-electron chi connectivity index (χ4n) is 2.15. The second-order valence-electron chi connectivity index (χ2n) is 4.83. The van der Waals surface area contributed by atoms with E-state index in [2.05, 4.69) is 10.3 Å². The molecule has 1 heterocycles. The lowest BCUT2D eigenvalue weighted by atomic mass is 9.99. The molecule has 4 nitrogen and oxygen atoms in total. The van der Waals surface area contributed by atoms with Crippen LogP contribution >= 0.6 is 0 Å². The summed E-state index contributed by atoms with van der Waals surface area (Å²) in [6.45, 7) is 2.31. The third-order valence-corrected chi connectivity index (χ3v) is 3.13. The summed E-state index contributed by atoms with van der Waals surface area (Å²) in [5.41, 5.74) is 3.00. The summed E-state index contributed by atoms with van der Waals surface area (Å²) in [6.07, 6.45) is 4.74. The molecular weight excluding hydrogens is 264 g/mol. The van der Waals surface area contributed by atoms with Gasteiger partial charge in [-0.15, -0.1) is 0 Å². The van der Waals surface area contributed by atoms with Gasteiger partial charge >= 0.3 is 5.97 Å². The summed E-state index contributed by atoms with van der Waals surface area (Å²) < 4.78 is 0. The maximum atomic E-state index is 10.7. The van der Waals surface area contributed by atoms with Gasteiger partial charge in [0.25, 0.3) is 0 Å². The van der Waals surface area contributed by atoms with Crippen molar-refractivity contribution in [3.05, 3.63) is 77.6 Å². The predicted octanol–water partition coefficient (Wildman–Crippen LogP) is 2.79. The van der Waals surface area contributed by atoms with Crippen molar-refractivity contribution >= 4 is 5.97 Å². The van der Waals surface area contributed by atoms with Crippen LogP contribution in [0, 0.1) is 0 Å². The van der Waals surface area contributed by atoms with Crippen molar-refractivity contribution in [2.75, 3.05) is 6.54 Å². The fourth-order valence-corrected chi connectivity index (χ4v) is 2.15. The molecule has 0 aliphatic rings. The second-order valence-corrected chi connectivity index (χ2v) is 4.83. The third-order valence-electron chi connectivity index (χ3n) is 3.13. The Labute approximate surface area is 124 Å². The molecule has 1 unspecified atom stereocenters. The highest BCUT2D eigenvalue weighted by atomic mass is 16.4. The zero-order valence-electron chi connectivity index (χ0n) is 11.9. The van der Waals surface area contributed by atoms with Crippen molar-refractivity contribution < 1.29 is 9.90 Å². The Bertz CT molecular complexity index is 570. The van der Waals surface area contributed by atoms with Crippen LogP contribution in [0.15, 0.2) is 66.5 Å². The molecule has 2 N–H and O–H groups in total. The number of hydrogen-bond donors (Lipinski definition) is 2. The fraction of sp³-hybridized carbons (Fsp3) is 0.176. The Hall–Kier alpha value is -2.46. The van der Waals surface area contributed by atoms with Crippen molar-refractivity contribution in [3.63, 3.8) is 0 Å². The maximum absolute atomic E-state index is 10.7. The van der Waals surface area contributed by atoms with E-state index in [9.17, 15) is 4.79 Å². The van der Waals surface area contributed by atoms with Crippen LogP contribution in [-0.2, 0) is 4.79 Å². The summed E-state index contributed by atoms with van der Waals surface area (Å²) >= 11 is 0. The lowest BCUT2D eigenvalue weighted by Gasteiger charge is -2.20. The highest BCUT2D eigenvalue weighted by molar-refractivity contribution is 5.80. The predicted molar refractivity (Wildman–Crippen MR) is 81.9 cm³/mol. The van der Waals surface area contributed by atoms with Crippen molar-refractivity contribution in [2.45, 2.75) is 13.0 Å². The molecule has 0 aliphatic heterocycles. The number of aliphatic carboxylic acids is 1. The number of nitrogens with zero attached hydrogens (tertiary/aromatic N) is 1. The first kappa shape index (κ1) is 14.9. The van der Waals surface area contributed by atoms with Gasteiger partial charge in [-0.2, -0.15) is 0 Å². The summed E-state index contributed by atoms with van der Waals surface area (Å²) in [5, 5.41) is 12.2. The number of nitrogens with one attached hydrogen (secondary N) is 1. The first-order chi connectivity index (χ1) is 10.2. The van der Waals surface area contributed by atoms with Crippen LogP contribution in [0.3, 0.4) is 0 Å². The highest BCUT2D eigenvalue weighted by Gasteiger charge is 2.13. The largest absolute Gasteiger partial charge is 0.478 e. The monoisotopic (exact) mass is 282 g/mol. The van der Waals surface area contributed by atoms with Crippen molar-refractivity contribution in [2.24, 2.45) is 0 Å². The zero-order valence-corrected chi connectivity index (χ0v) is 11.9. The van der Waals surface area contributed by atoms with E-state index in [1.54, 1.807) is 19.3 Å². The summed E-state index contributed by atoms with van der Waals surface area (Å²) in [5.74, 6) is -0.922. The number of rotatable bonds is 6. The van der Waals surface area contributed by atoms with Gasteiger partial charge in [0.2, 0.25) is 0 Å². The van der Waals surface area contributed by atoms with Gasteiger partial charge in [0.1, 0.15) is 0 Å². The quantitative estimate of drug-likeness (QED) is 0.800. The Morgan fingerprint density at radius 2 is 1.81 bits per heavy atom. The normalized spacial score (nSPS) is 12.9. The molecule has 0 saturated carbocycles. The SMILES string of the molecule is C/C(=C/C(=O)O)CNC(c1ccccc1)c1ccncc1. The Morgan fingerprint density at radius 1 is 1.19 bits per heavy atom. The summed E-state index contributed by atoms with van der Waals surface area (Å²) in [7, 11) is 0. The molecule has 1 aromatic heterocycles. The standard InChI is InChI=1S/C17H18N2O2/c1-13(11-16(20)21)12-19-17(14-5-3-2-4-6-14)15-7-9-18-10-8-15/h2-11,17,19H,12H2,1H3,(H,20,21)/b13-11-. The minimum atomic E-state index is -0.922. The first-order valence-electron chi connectivity index (χ1n) is 6.75. The van der Waals surface area contributed by atoms with Gasteiger partial charge in [0, 0.05) is 25.0 Å². The molecule has 0 saturated heterocycles. The molecule has 0 spiro atoms. The van der Waals surface area contributed by atoms with E-state index in [0.717, 1.165) is 16.7 Å². The molecular formula is C17H18N2O2. The Balaban J connectivity index is 2.20. The van der Waals surface area contributed by atoms with E-state index in [-0.39, 0.29) is 6.04 Å². The van der Waals surface area contributed by atoms with Crippen LogP contribution in [0.2, 0.25) is 0 Å². The van der Waals surface area contributed by atoms with E-state index in [4.69, 9.17) is 5.11 Å². The molecule has 1 atom stereocenters. The van der Waals surface area contributed by atoms with Crippen LogP contribution < -0.4 is 5.32 Å². The lowest BCUT2D eigenvalue weighted by molar-refractivity contribution is -0.131. The van der Waals surface area contributed by atoms with Gasteiger partial charge < -0.3 is 10.4 Å². The van der Waals surface area contributed by atoms with Gasteiger partial charge in [0.05, 0.1) is 6.04 Å². The summed E-state index contributed by atoms with van der Waals surface area (Å²) in [4.78, 5) is 14.7. The van der Waals surface area contributed by atoms with Gasteiger partial charge in [-0.3, -0.25) is 4.98 Å². The smallest absolute Gasteiger partial charge is 0.328 e. The maximum Gasteiger partial charge on any atom is 0.328 e. The Morgan fingerprint density at radius 3 is 2.43 bits per heavy atom. The number of carboxylic acids is 1. The number of pyridine rings is 1. The van der Waals surface area contributed by atoms with E-state index < -0.39 is 5.97 Å². The van der Waals surface area contributed by atoms with E-state index >= 15 is 0 Å². The molecule has 0 fully saturated rings. The number of carboxylic acid groups (broad SMARTS) is 1. The average Bonchev–Trinajstić information content (AvgIpc) is 2.49. The molecule has 2 aromatic rings. The number of carbonyl (C=O) groups is 1. The zero-order chi connectivity index (χ0) is 15.1. The molecule has 0 bridgehead atoms. The number of aromatic nitrogens is 1. The number of benzene rings is 1. The minimum Gasteiger partial charge on any atom is -0.478 e. The molecule has 0 amide bonds. The van der Waals surface area contributed by atoms with Gasteiger partial charge in [-0.1, -0.05) is 35.9 Å². The van der Waals surface area contributed by atoms with Gasteiger partial charge in [-0.05, 0) is 30.2 Å². The second kappa shape index (κ2) is 7.36. The van der Waals surface area contributed by atoms with Crippen molar-refractivity contribution in [1.29, 1.82) is 0 Å². The van der Waals surface area contributed by atoms with Crippen molar-refractivity contribution in [1.82, 2.24) is 10.3 Å². The Kier molecular flexibility index (Phi) is 5.23. The van der Waals surface area contributed by atoms with E-state index in [1.807, 2.05) is 42.5 Å². The first-order valence-corrected chi connectivity index (χ1v) is 6.75. The molecule has 108 valence electrons. The highest BCUT2D eigenvalue weighted by Crippen LogP contribution is 2.21. The average molecular weight is 282 g/mol. The molecule has 1 aromatic carbocycles. The van der Waals surface area contributed by atoms with Crippen LogP contribution in [0.25, 0.3) is 0 Å². The molecule has 0 radical (unpaired) electrons. The molecule has 4 heteroatoms. The van der Waals surface area contributed by atoms with Crippen LogP contribution in [0.4, 0.5) is 0 Å². The summed E-state index contributed by atoms with van der Waals surface area (Å²) in [6, 6.07) is 14.0. The molecule has 0 aliphatic carbocycles. The van der Waals surface area contributed by atoms with Crippen LogP contribution in [0.1, 0.15) is 24.1 Å². The molecule has 21 heavy (non-hydrogen) atoms. The van der Waals surface area contributed by atoms with E-state index in [0.29, 0.717) is 6.54 Å². The third kappa shape index (κ3) is 4.54.